The summed E-state index contributed by atoms with van der Waals surface area (Å²) >= 11 is 0. The van der Waals surface area contributed by atoms with Crippen molar-refractivity contribution >= 4 is 5.78 Å². The van der Waals surface area contributed by atoms with Gasteiger partial charge in [0.25, 0.3) is 0 Å². The third-order valence-corrected chi connectivity index (χ3v) is 3.31. The first-order valence-corrected chi connectivity index (χ1v) is 6.71. The number of carbonyl (C=O) groups is 1. The van der Waals surface area contributed by atoms with E-state index in [1.807, 2.05) is 31.2 Å². The molecule has 2 aromatic carbocycles. The van der Waals surface area contributed by atoms with Gasteiger partial charge >= 0.3 is 0 Å². The molecular formula is C17H16O3. The van der Waals surface area contributed by atoms with Crippen molar-refractivity contribution in [3.8, 4) is 11.5 Å². The average molecular weight is 268 g/mol. The van der Waals surface area contributed by atoms with Crippen molar-refractivity contribution < 1.29 is 14.3 Å². The van der Waals surface area contributed by atoms with Crippen LogP contribution in [0, 0.1) is 6.92 Å². The maximum Gasteiger partial charge on any atom is 0.167 e. The molecule has 1 heterocycles. The van der Waals surface area contributed by atoms with Gasteiger partial charge in [-0.25, -0.2) is 0 Å². The summed E-state index contributed by atoms with van der Waals surface area (Å²) in [5, 5.41) is 0. The second-order valence-electron chi connectivity index (χ2n) is 4.95. The summed E-state index contributed by atoms with van der Waals surface area (Å²) in [5.41, 5.74) is 2.86. The highest BCUT2D eigenvalue weighted by atomic mass is 16.6. The molecule has 3 rings (SSSR count). The second-order valence-corrected chi connectivity index (χ2v) is 4.95. The zero-order valence-corrected chi connectivity index (χ0v) is 11.4. The number of ether oxygens (including phenoxy) is 2. The highest BCUT2D eigenvalue weighted by Gasteiger charge is 2.15. The average Bonchev–Trinajstić information content (AvgIpc) is 2.47. The predicted molar refractivity (Wildman–Crippen MR) is 76.6 cm³/mol. The van der Waals surface area contributed by atoms with Crippen LogP contribution in [0.3, 0.4) is 0 Å². The van der Waals surface area contributed by atoms with Gasteiger partial charge in [-0.1, -0.05) is 29.8 Å². The maximum absolute atomic E-state index is 12.3. The van der Waals surface area contributed by atoms with E-state index in [1.54, 1.807) is 18.2 Å². The van der Waals surface area contributed by atoms with Crippen LogP contribution in [0.5, 0.6) is 11.5 Å². The van der Waals surface area contributed by atoms with E-state index in [0.717, 1.165) is 11.1 Å². The summed E-state index contributed by atoms with van der Waals surface area (Å²) in [5.74, 6) is 1.46. The number of hydrogen-bond acceptors (Lipinski definition) is 3. The third-order valence-electron chi connectivity index (χ3n) is 3.31. The van der Waals surface area contributed by atoms with Gasteiger partial charge in [-0.3, -0.25) is 4.79 Å². The van der Waals surface area contributed by atoms with E-state index in [9.17, 15) is 4.79 Å². The molecule has 0 amide bonds. The van der Waals surface area contributed by atoms with Gasteiger partial charge in [0.1, 0.15) is 13.2 Å². The molecule has 0 saturated carbocycles. The van der Waals surface area contributed by atoms with Crippen molar-refractivity contribution in [1.29, 1.82) is 0 Å². The maximum atomic E-state index is 12.3. The van der Waals surface area contributed by atoms with Gasteiger partial charge in [-0.05, 0) is 30.7 Å². The molecular weight excluding hydrogens is 252 g/mol. The molecule has 20 heavy (non-hydrogen) atoms. The minimum Gasteiger partial charge on any atom is -0.486 e. The smallest absolute Gasteiger partial charge is 0.167 e. The fraction of sp³-hybridized carbons (Fsp3) is 0.235. The molecule has 102 valence electrons. The lowest BCUT2D eigenvalue weighted by molar-refractivity contribution is 0.0991. The SMILES string of the molecule is Cc1cccc(CC(=O)c2ccc3c(c2)OCCO3)c1. The molecule has 0 unspecified atom stereocenters. The van der Waals surface area contributed by atoms with Crippen LogP contribution in [-0.2, 0) is 6.42 Å². The van der Waals surface area contributed by atoms with E-state index < -0.39 is 0 Å². The van der Waals surface area contributed by atoms with Crippen LogP contribution in [0.2, 0.25) is 0 Å². The molecule has 0 spiro atoms. The van der Waals surface area contributed by atoms with Gasteiger partial charge in [-0.2, -0.15) is 0 Å². The number of Topliss-reactive ketones (excluding diaryl/α,β-unsaturated/α-hetero) is 1. The van der Waals surface area contributed by atoms with Gasteiger partial charge < -0.3 is 9.47 Å². The van der Waals surface area contributed by atoms with Crippen molar-refractivity contribution in [3.63, 3.8) is 0 Å². The van der Waals surface area contributed by atoms with Gasteiger partial charge in [0, 0.05) is 12.0 Å². The van der Waals surface area contributed by atoms with Gasteiger partial charge in [0.05, 0.1) is 0 Å². The molecule has 0 bridgehead atoms. The normalized spacial score (nSPS) is 13.1. The quantitative estimate of drug-likeness (QED) is 0.802. The standard InChI is InChI=1S/C17H16O3/c1-12-3-2-4-13(9-12)10-15(18)14-5-6-16-17(11-14)20-8-7-19-16/h2-6,9,11H,7-8,10H2,1H3. The highest BCUT2D eigenvalue weighted by molar-refractivity contribution is 5.98. The molecule has 0 fully saturated rings. The Morgan fingerprint density at radius 1 is 1.05 bits per heavy atom. The number of aryl methyl sites for hydroxylation is 1. The van der Waals surface area contributed by atoms with Crippen LogP contribution in [0.1, 0.15) is 21.5 Å². The molecule has 2 aromatic rings. The Morgan fingerprint density at radius 3 is 2.65 bits per heavy atom. The minimum absolute atomic E-state index is 0.0903. The molecule has 0 aromatic heterocycles. The summed E-state index contributed by atoms with van der Waals surface area (Å²) in [6.45, 7) is 3.12. The number of fused-ring (bicyclic) bond motifs is 1. The summed E-state index contributed by atoms with van der Waals surface area (Å²) in [6.07, 6.45) is 0.404. The zero-order valence-electron chi connectivity index (χ0n) is 11.4. The van der Waals surface area contributed by atoms with E-state index in [4.69, 9.17) is 9.47 Å². The first-order valence-electron chi connectivity index (χ1n) is 6.71. The molecule has 0 N–H and O–H groups in total. The molecule has 3 nitrogen and oxygen atoms in total. The lowest BCUT2D eigenvalue weighted by Crippen LogP contribution is -2.16. The van der Waals surface area contributed by atoms with Gasteiger partial charge in [0.15, 0.2) is 17.3 Å². The Morgan fingerprint density at radius 2 is 1.85 bits per heavy atom. The number of benzene rings is 2. The Kier molecular flexibility index (Phi) is 3.42. The van der Waals surface area contributed by atoms with Crippen LogP contribution in [-0.4, -0.2) is 19.0 Å². The summed E-state index contributed by atoms with van der Waals surface area (Å²) in [4.78, 5) is 12.3. The predicted octanol–water partition coefficient (Wildman–Crippen LogP) is 3.19. The topological polar surface area (TPSA) is 35.5 Å². The Hall–Kier alpha value is -2.29. The fourth-order valence-corrected chi connectivity index (χ4v) is 2.33. The largest absolute Gasteiger partial charge is 0.486 e. The third kappa shape index (κ3) is 2.67. The van der Waals surface area contributed by atoms with Crippen LogP contribution in [0.4, 0.5) is 0 Å². The number of ketones is 1. The van der Waals surface area contributed by atoms with E-state index in [-0.39, 0.29) is 5.78 Å². The van der Waals surface area contributed by atoms with Crippen molar-refractivity contribution in [2.24, 2.45) is 0 Å². The van der Waals surface area contributed by atoms with Gasteiger partial charge in [-0.15, -0.1) is 0 Å². The molecule has 0 aliphatic carbocycles. The van der Waals surface area contributed by atoms with E-state index >= 15 is 0 Å². The minimum atomic E-state index is 0.0903. The molecule has 1 aliphatic rings. The highest BCUT2D eigenvalue weighted by Crippen LogP contribution is 2.31. The zero-order chi connectivity index (χ0) is 13.9. The molecule has 0 atom stereocenters. The first kappa shape index (κ1) is 12.7. The molecule has 0 saturated heterocycles. The summed E-state index contributed by atoms with van der Waals surface area (Å²) in [6, 6.07) is 13.4. The fourth-order valence-electron chi connectivity index (χ4n) is 2.33. The monoisotopic (exact) mass is 268 g/mol. The lowest BCUT2D eigenvalue weighted by atomic mass is 10.0. The van der Waals surface area contributed by atoms with E-state index in [1.165, 1.54) is 0 Å². The van der Waals surface area contributed by atoms with Crippen LogP contribution < -0.4 is 9.47 Å². The van der Waals surface area contributed by atoms with Crippen LogP contribution in [0.25, 0.3) is 0 Å². The second kappa shape index (κ2) is 5.37. The van der Waals surface area contributed by atoms with E-state index in [0.29, 0.717) is 36.7 Å². The number of carbonyl (C=O) groups excluding carboxylic acids is 1. The Balaban J connectivity index is 1.80. The molecule has 0 radical (unpaired) electrons. The molecule has 1 aliphatic heterocycles. The number of rotatable bonds is 3. The lowest BCUT2D eigenvalue weighted by Gasteiger charge is -2.18. The molecule has 3 heteroatoms. The van der Waals surface area contributed by atoms with Crippen molar-refractivity contribution in [1.82, 2.24) is 0 Å². The summed E-state index contributed by atoms with van der Waals surface area (Å²) < 4.78 is 11.0. The van der Waals surface area contributed by atoms with Crippen molar-refractivity contribution in [3.05, 3.63) is 59.2 Å². The summed E-state index contributed by atoms with van der Waals surface area (Å²) in [7, 11) is 0. The van der Waals surface area contributed by atoms with Crippen molar-refractivity contribution in [2.45, 2.75) is 13.3 Å². The number of hydrogen-bond donors (Lipinski definition) is 0. The van der Waals surface area contributed by atoms with E-state index in [2.05, 4.69) is 0 Å². The van der Waals surface area contributed by atoms with Crippen molar-refractivity contribution in [2.75, 3.05) is 13.2 Å². The van der Waals surface area contributed by atoms with Crippen LogP contribution in [0.15, 0.2) is 42.5 Å². The Labute approximate surface area is 118 Å². The van der Waals surface area contributed by atoms with Gasteiger partial charge in [0.2, 0.25) is 0 Å². The Bertz CT molecular complexity index is 646. The first-order chi connectivity index (χ1) is 9.72. The van der Waals surface area contributed by atoms with Crippen LogP contribution >= 0.6 is 0 Å².